The summed E-state index contributed by atoms with van der Waals surface area (Å²) in [5, 5.41) is 13.6. The van der Waals surface area contributed by atoms with Gasteiger partial charge in [0.05, 0.1) is 11.0 Å². The third-order valence-corrected chi connectivity index (χ3v) is 2.93. The monoisotopic (exact) mass is 266 g/mol. The van der Waals surface area contributed by atoms with Gasteiger partial charge in [-0.15, -0.1) is 0 Å². The number of nitro benzene ring substituents is 1. The summed E-state index contributed by atoms with van der Waals surface area (Å²) in [4.78, 5) is 22.1. The smallest absolute Gasteiger partial charge is 0.269 e. The minimum absolute atomic E-state index is 0.0185. The second kappa shape index (κ2) is 6.84. The van der Waals surface area contributed by atoms with Crippen molar-refractivity contribution in [2.45, 2.75) is 32.4 Å². The molecule has 0 spiro atoms. The first-order chi connectivity index (χ1) is 8.99. The van der Waals surface area contributed by atoms with Gasteiger partial charge >= 0.3 is 0 Å². The molecule has 1 aromatic carbocycles. The number of nitrogens with zero attached hydrogens (tertiary/aromatic N) is 1. The lowest BCUT2D eigenvalue weighted by Crippen LogP contribution is -2.36. The molecule has 19 heavy (non-hydrogen) atoms. The molecule has 0 aliphatic rings. The first-order valence-electron chi connectivity index (χ1n) is 6.07. The van der Waals surface area contributed by atoms with Gasteiger partial charge in [-0.2, -0.15) is 0 Å². The van der Waals surface area contributed by atoms with Gasteiger partial charge in [0.2, 0.25) is 5.91 Å². The van der Waals surface area contributed by atoms with Gasteiger partial charge in [0.1, 0.15) is 6.10 Å². The van der Waals surface area contributed by atoms with E-state index in [-0.39, 0.29) is 17.6 Å². The quantitative estimate of drug-likeness (QED) is 0.632. The van der Waals surface area contributed by atoms with Crippen LogP contribution < -0.4 is 5.32 Å². The Morgan fingerprint density at radius 2 is 2.21 bits per heavy atom. The fraction of sp³-hybridized carbons (Fsp3) is 0.462. The number of carbonyl (C=O) groups is 1. The van der Waals surface area contributed by atoms with E-state index >= 15 is 0 Å². The summed E-state index contributed by atoms with van der Waals surface area (Å²) in [7, 11) is 1.46. The Balaban J connectivity index is 2.88. The van der Waals surface area contributed by atoms with Crippen LogP contribution in [-0.2, 0) is 9.53 Å². The van der Waals surface area contributed by atoms with Crippen molar-refractivity contribution >= 4 is 11.6 Å². The van der Waals surface area contributed by atoms with Gasteiger partial charge in [-0.1, -0.05) is 19.1 Å². The largest absolute Gasteiger partial charge is 0.372 e. The van der Waals surface area contributed by atoms with E-state index in [0.717, 1.165) is 0 Å². The lowest BCUT2D eigenvalue weighted by molar-refractivity contribution is -0.384. The van der Waals surface area contributed by atoms with Crippen molar-refractivity contribution in [2.24, 2.45) is 0 Å². The zero-order valence-electron chi connectivity index (χ0n) is 11.3. The highest BCUT2D eigenvalue weighted by Crippen LogP contribution is 2.21. The van der Waals surface area contributed by atoms with Gasteiger partial charge in [0, 0.05) is 19.2 Å². The lowest BCUT2D eigenvalue weighted by Gasteiger charge is -2.19. The molecule has 1 amide bonds. The van der Waals surface area contributed by atoms with Crippen LogP contribution in [0.5, 0.6) is 0 Å². The van der Waals surface area contributed by atoms with Gasteiger partial charge < -0.3 is 10.1 Å². The normalized spacial score (nSPS) is 13.6. The fourth-order valence-corrected chi connectivity index (χ4v) is 1.67. The van der Waals surface area contributed by atoms with E-state index < -0.39 is 11.0 Å². The molecule has 2 unspecified atom stereocenters. The molecule has 0 radical (unpaired) electrons. The van der Waals surface area contributed by atoms with Crippen LogP contribution in [0.4, 0.5) is 5.69 Å². The molecule has 0 bridgehead atoms. The van der Waals surface area contributed by atoms with E-state index in [1.54, 1.807) is 19.1 Å². The molecule has 0 aromatic heterocycles. The molecular formula is C13H18N2O4. The molecular weight excluding hydrogens is 248 g/mol. The third kappa shape index (κ3) is 4.03. The number of carbonyl (C=O) groups excluding carboxylic acids is 1. The first-order valence-corrected chi connectivity index (χ1v) is 6.07. The molecule has 2 atom stereocenters. The summed E-state index contributed by atoms with van der Waals surface area (Å²) in [6.07, 6.45) is 0.0938. The van der Waals surface area contributed by atoms with Crippen molar-refractivity contribution in [2.75, 3.05) is 7.11 Å². The highest BCUT2D eigenvalue weighted by atomic mass is 16.6. The van der Waals surface area contributed by atoms with Crippen molar-refractivity contribution in [3.63, 3.8) is 0 Å². The minimum Gasteiger partial charge on any atom is -0.372 e. The molecule has 0 heterocycles. The molecule has 1 N–H and O–H groups in total. The second-order valence-electron chi connectivity index (χ2n) is 4.20. The van der Waals surface area contributed by atoms with Crippen molar-refractivity contribution in [3.05, 3.63) is 39.9 Å². The number of non-ortho nitro benzene ring substituents is 1. The number of benzene rings is 1. The Morgan fingerprint density at radius 3 is 2.74 bits per heavy atom. The van der Waals surface area contributed by atoms with E-state index in [0.29, 0.717) is 12.0 Å². The van der Waals surface area contributed by atoms with Crippen molar-refractivity contribution < 1.29 is 14.5 Å². The van der Waals surface area contributed by atoms with Crippen LogP contribution in [0.15, 0.2) is 24.3 Å². The molecule has 1 aromatic rings. The van der Waals surface area contributed by atoms with Gasteiger partial charge in [0.15, 0.2) is 0 Å². The van der Waals surface area contributed by atoms with E-state index in [1.165, 1.54) is 19.2 Å². The zero-order chi connectivity index (χ0) is 14.4. The summed E-state index contributed by atoms with van der Waals surface area (Å²) >= 11 is 0. The number of nitrogens with one attached hydrogen (secondary N) is 1. The number of hydrogen-bond donors (Lipinski definition) is 1. The van der Waals surface area contributed by atoms with E-state index in [9.17, 15) is 14.9 Å². The molecule has 0 saturated carbocycles. The molecule has 6 nitrogen and oxygen atoms in total. The van der Waals surface area contributed by atoms with Crippen LogP contribution in [0, 0.1) is 10.1 Å². The SMILES string of the molecule is CCC(NC(=O)C(C)OC)c1cccc([N+](=O)[O-])c1. The summed E-state index contributed by atoms with van der Waals surface area (Å²) in [6.45, 7) is 3.55. The Hall–Kier alpha value is -1.95. The maximum absolute atomic E-state index is 11.8. The summed E-state index contributed by atoms with van der Waals surface area (Å²) in [5.41, 5.74) is 0.735. The topological polar surface area (TPSA) is 81.5 Å². The predicted molar refractivity (Wildman–Crippen MR) is 70.7 cm³/mol. The van der Waals surface area contributed by atoms with Gasteiger partial charge in [0.25, 0.3) is 5.69 Å². The molecule has 1 rings (SSSR count). The molecule has 0 saturated heterocycles. The Morgan fingerprint density at radius 1 is 1.53 bits per heavy atom. The van der Waals surface area contributed by atoms with Crippen LogP contribution in [0.2, 0.25) is 0 Å². The molecule has 0 aliphatic carbocycles. The Bertz CT molecular complexity index is 462. The van der Waals surface area contributed by atoms with E-state index in [1.807, 2.05) is 6.92 Å². The van der Waals surface area contributed by atoms with Crippen LogP contribution in [0.3, 0.4) is 0 Å². The molecule has 0 fully saturated rings. The fourth-order valence-electron chi connectivity index (χ4n) is 1.67. The molecule has 6 heteroatoms. The van der Waals surface area contributed by atoms with Crippen LogP contribution in [0.25, 0.3) is 0 Å². The number of hydrogen-bond acceptors (Lipinski definition) is 4. The Kier molecular flexibility index (Phi) is 5.44. The van der Waals surface area contributed by atoms with Gasteiger partial charge in [-0.25, -0.2) is 0 Å². The van der Waals surface area contributed by atoms with Gasteiger partial charge in [-0.3, -0.25) is 14.9 Å². The number of methoxy groups -OCH3 is 1. The summed E-state index contributed by atoms with van der Waals surface area (Å²) in [5.74, 6) is -0.235. The van der Waals surface area contributed by atoms with Crippen LogP contribution in [-0.4, -0.2) is 24.0 Å². The van der Waals surface area contributed by atoms with Crippen molar-refractivity contribution in [3.8, 4) is 0 Å². The average molecular weight is 266 g/mol. The Labute approximate surface area is 111 Å². The lowest BCUT2D eigenvalue weighted by atomic mass is 10.0. The highest BCUT2D eigenvalue weighted by molar-refractivity contribution is 5.80. The third-order valence-electron chi connectivity index (χ3n) is 2.93. The number of rotatable bonds is 6. The highest BCUT2D eigenvalue weighted by Gasteiger charge is 2.18. The van der Waals surface area contributed by atoms with Crippen LogP contribution >= 0.6 is 0 Å². The van der Waals surface area contributed by atoms with Crippen molar-refractivity contribution in [1.29, 1.82) is 0 Å². The number of ether oxygens (including phenoxy) is 1. The van der Waals surface area contributed by atoms with E-state index in [2.05, 4.69) is 5.32 Å². The maximum atomic E-state index is 11.8. The molecule has 104 valence electrons. The van der Waals surface area contributed by atoms with E-state index in [4.69, 9.17) is 4.74 Å². The first kappa shape index (κ1) is 15.1. The standard InChI is InChI=1S/C13H18N2O4/c1-4-12(14-13(16)9(2)19-3)10-6-5-7-11(8-10)15(17)18/h5-9,12H,4H2,1-3H3,(H,14,16). The van der Waals surface area contributed by atoms with Gasteiger partial charge in [-0.05, 0) is 18.9 Å². The number of amides is 1. The minimum atomic E-state index is -0.548. The van der Waals surface area contributed by atoms with Crippen LogP contribution in [0.1, 0.15) is 31.9 Å². The average Bonchev–Trinajstić information content (AvgIpc) is 2.43. The van der Waals surface area contributed by atoms with Crippen molar-refractivity contribution in [1.82, 2.24) is 5.32 Å². The summed E-state index contributed by atoms with van der Waals surface area (Å²) in [6, 6.07) is 6.02. The second-order valence-corrected chi connectivity index (χ2v) is 4.20. The maximum Gasteiger partial charge on any atom is 0.269 e. The zero-order valence-corrected chi connectivity index (χ0v) is 11.3. The number of nitro groups is 1. The summed E-state index contributed by atoms with van der Waals surface area (Å²) < 4.78 is 4.93. The predicted octanol–water partition coefficient (Wildman–Crippen LogP) is 2.20. The molecule has 0 aliphatic heterocycles.